The summed E-state index contributed by atoms with van der Waals surface area (Å²) in [4.78, 5) is 33.0. The summed E-state index contributed by atoms with van der Waals surface area (Å²) in [5.74, 6) is -1.79. The molecule has 38 heavy (non-hydrogen) atoms. The second kappa shape index (κ2) is 9.54. The average molecular weight is 578 g/mol. The van der Waals surface area contributed by atoms with Crippen LogP contribution in [0.5, 0.6) is 0 Å². The van der Waals surface area contributed by atoms with Crippen LogP contribution in [0.3, 0.4) is 0 Å². The molecule has 6 rings (SSSR count). The van der Waals surface area contributed by atoms with Gasteiger partial charge in [0.05, 0.1) is 17.5 Å². The van der Waals surface area contributed by atoms with Crippen LogP contribution in [0, 0.1) is 11.7 Å². The molecule has 0 unspecified atom stereocenters. The van der Waals surface area contributed by atoms with E-state index in [1.54, 1.807) is 24.3 Å². The van der Waals surface area contributed by atoms with Gasteiger partial charge in [-0.3, -0.25) is 9.59 Å². The Hall–Kier alpha value is -3.72. The third kappa shape index (κ3) is 4.24. The zero-order valence-corrected chi connectivity index (χ0v) is 22.2. The van der Waals surface area contributed by atoms with Crippen molar-refractivity contribution in [2.75, 3.05) is 24.5 Å². The van der Waals surface area contributed by atoms with Crippen molar-refractivity contribution in [2.24, 2.45) is 5.92 Å². The summed E-state index contributed by atoms with van der Waals surface area (Å²) in [6.45, 7) is 3.56. The summed E-state index contributed by atoms with van der Waals surface area (Å²) in [6, 6.07) is 16.2. The van der Waals surface area contributed by atoms with Crippen LogP contribution in [-0.2, 0) is 11.2 Å². The van der Waals surface area contributed by atoms with E-state index < -0.39 is 17.7 Å². The SMILES string of the molecule is C[C@@H]1c2ccccc2CCN1C(=O)c1cc(Br)c2nc(-c3ccc(N4CC[C@H](C(=O)O)C4)cc3F)oc2c1. The van der Waals surface area contributed by atoms with Gasteiger partial charge in [-0.05, 0) is 77.2 Å². The smallest absolute Gasteiger partial charge is 0.308 e. The zero-order chi connectivity index (χ0) is 26.6. The van der Waals surface area contributed by atoms with Gasteiger partial charge in [0.1, 0.15) is 11.3 Å². The maximum Gasteiger partial charge on any atom is 0.308 e. The lowest BCUT2D eigenvalue weighted by Crippen LogP contribution is -2.38. The summed E-state index contributed by atoms with van der Waals surface area (Å²) < 4.78 is 21.7. The molecule has 0 saturated carbocycles. The number of nitrogens with zero attached hydrogens (tertiary/aromatic N) is 3. The number of amides is 1. The van der Waals surface area contributed by atoms with Crippen LogP contribution in [0.1, 0.15) is 40.9 Å². The van der Waals surface area contributed by atoms with E-state index in [1.807, 2.05) is 28.9 Å². The van der Waals surface area contributed by atoms with Gasteiger partial charge in [-0.2, -0.15) is 0 Å². The monoisotopic (exact) mass is 577 g/mol. The van der Waals surface area contributed by atoms with Crippen molar-refractivity contribution in [1.29, 1.82) is 0 Å². The predicted octanol–water partition coefficient (Wildman–Crippen LogP) is 6.07. The number of anilines is 1. The molecule has 3 aromatic carbocycles. The minimum Gasteiger partial charge on any atom is -0.481 e. The average Bonchev–Trinajstić information content (AvgIpc) is 3.57. The van der Waals surface area contributed by atoms with Gasteiger partial charge in [0.2, 0.25) is 5.89 Å². The predicted molar refractivity (Wildman–Crippen MR) is 145 cm³/mol. The number of carbonyl (C=O) groups is 2. The quantitative estimate of drug-likeness (QED) is 0.317. The van der Waals surface area contributed by atoms with Crippen molar-refractivity contribution in [1.82, 2.24) is 9.88 Å². The molecule has 3 heterocycles. The highest BCUT2D eigenvalue weighted by Crippen LogP contribution is 2.35. The van der Waals surface area contributed by atoms with Gasteiger partial charge in [-0.25, -0.2) is 9.37 Å². The number of aliphatic carboxylic acids is 1. The molecular formula is C29H25BrFN3O4. The van der Waals surface area contributed by atoms with E-state index in [4.69, 9.17) is 4.42 Å². The van der Waals surface area contributed by atoms with E-state index in [0.29, 0.717) is 52.9 Å². The van der Waals surface area contributed by atoms with Crippen molar-refractivity contribution in [3.05, 3.63) is 81.6 Å². The van der Waals surface area contributed by atoms with Crippen LogP contribution >= 0.6 is 15.9 Å². The first kappa shape index (κ1) is 24.6. The normalized spacial score (nSPS) is 19.1. The van der Waals surface area contributed by atoms with Crippen LogP contribution in [0.4, 0.5) is 10.1 Å². The standard InChI is InChI=1S/C29H25BrFN3O4/c1-16-21-5-3-2-4-17(21)9-11-34(16)28(35)19-12-23(30)26-25(13-19)38-27(32-26)22-7-6-20(14-24(22)31)33-10-8-18(15-33)29(36)37/h2-7,12-14,16,18H,8-11,15H2,1H3,(H,36,37)/t16-,18+/m1/s1. The maximum absolute atomic E-state index is 15.2. The fourth-order valence-electron chi connectivity index (χ4n) is 5.51. The molecule has 2 aliphatic heterocycles. The van der Waals surface area contributed by atoms with Crippen molar-refractivity contribution in [3.63, 3.8) is 0 Å². The van der Waals surface area contributed by atoms with E-state index in [1.165, 1.54) is 11.6 Å². The number of hydrogen-bond acceptors (Lipinski definition) is 5. The van der Waals surface area contributed by atoms with Crippen LogP contribution in [0.25, 0.3) is 22.6 Å². The third-order valence-electron chi connectivity index (χ3n) is 7.64. The molecule has 1 amide bonds. The van der Waals surface area contributed by atoms with Crippen molar-refractivity contribution in [2.45, 2.75) is 25.8 Å². The van der Waals surface area contributed by atoms with Gasteiger partial charge in [-0.1, -0.05) is 24.3 Å². The summed E-state index contributed by atoms with van der Waals surface area (Å²) in [7, 11) is 0. The van der Waals surface area contributed by atoms with Crippen LogP contribution in [0.2, 0.25) is 0 Å². The van der Waals surface area contributed by atoms with E-state index >= 15 is 4.39 Å². The number of benzene rings is 3. The Morgan fingerprint density at radius 2 is 1.95 bits per heavy atom. The van der Waals surface area contributed by atoms with Crippen LogP contribution in [0.15, 0.2) is 63.5 Å². The van der Waals surface area contributed by atoms with E-state index in [0.717, 1.165) is 12.0 Å². The minimum atomic E-state index is -0.834. The number of hydrogen-bond donors (Lipinski definition) is 1. The minimum absolute atomic E-state index is 0.0544. The number of carbonyl (C=O) groups excluding carboxylic acids is 1. The molecule has 7 nitrogen and oxygen atoms in total. The highest BCUT2D eigenvalue weighted by molar-refractivity contribution is 9.10. The van der Waals surface area contributed by atoms with Crippen LogP contribution < -0.4 is 4.90 Å². The third-order valence-corrected chi connectivity index (χ3v) is 8.24. The van der Waals surface area contributed by atoms with Crippen molar-refractivity contribution < 1.29 is 23.5 Å². The molecule has 1 saturated heterocycles. The Labute approximate surface area is 227 Å². The number of halogens is 2. The molecule has 0 bridgehead atoms. The maximum atomic E-state index is 15.2. The number of fused-ring (bicyclic) bond motifs is 2. The molecule has 0 radical (unpaired) electrons. The van der Waals surface area contributed by atoms with Gasteiger partial charge in [0.25, 0.3) is 5.91 Å². The summed E-state index contributed by atoms with van der Waals surface area (Å²) in [5.41, 5.74) is 4.59. The Bertz CT molecular complexity index is 1590. The van der Waals surface area contributed by atoms with E-state index in [2.05, 4.69) is 33.0 Å². The highest BCUT2D eigenvalue weighted by Gasteiger charge is 2.30. The largest absolute Gasteiger partial charge is 0.481 e. The lowest BCUT2D eigenvalue weighted by Gasteiger charge is -2.35. The molecule has 194 valence electrons. The zero-order valence-electron chi connectivity index (χ0n) is 20.7. The van der Waals surface area contributed by atoms with E-state index in [-0.39, 0.29) is 23.4 Å². The van der Waals surface area contributed by atoms with Crippen LogP contribution in [-0.4, -0.2) is 46.5 Å². The molecule has 9 heteroatoms. The summed E-state index contributed by atoms with van der Waals surface area (Å²) in [6.07, 6.45) is 1.33. The van der Waals surface area contributed by atoms with Gasteiger partial charge < -0.3 is 19.3 Å². The van der Waals surface area contributed by atoms with Crippen molar-refractivity contribution in [3.8, 4) is 11.5 Å². The summed E-state index contributed by atoms with van der Waals surface area (Å²) >= 11 is 3.52. The second-order valence-corrected chi connectivity index (χ2v) is 10.7. The lowest BCUT2D eigenvalue weighted by atomic mass is 9.93. The summed E-state index contributed by atoms with van der Waals surface area (Å²) in [5, 5.41) is 9.25. The topological polar surface area (TPSA) is 86.9 Å². The molecule has 1 N–H and O–H groups in total. The Morgan fingerprint density at radius 1 is 1.13 bits per heavy atom. The molecule has 0 aliphatic carbocycles. The Balaban J connectivity index is 1.28. The molecule has 2 aliphatic rings. The van der Waals surface area contributed by atoms with Gasteiger partial charge in [0.15, 0.2) is 5.58 Å². The Kier molecular flexibility index (Phi) is 6.18. The molecule has 1 fully saturated rings. The fourth-order valence-corrected chi connectivity index (χ4v) is 6.04. The van der Waals surface area contributed by atoms with Gasteiger partial charge in [-0.15, -0.1) is 0 Å². The number of aromatic nitrogens is 1. The first-order chi connectivity index (χ1) is 18.3. The highest BCUT2D eigenvalue weighted by atomic mass is 79.9. The molecule has 0 spiro atoms. The first-order valence-corrected chi connectivity index (χ1v) is 13.4. The Morgan fingerprint density at radius 3 is 2.71 bits per heavy atom. The van der Waals surface area contributed by atoms with Crippen molar-refractivity contribution >= 4 is 44.6 Å². The molecule has 4 aromatic rings. The second-order valence-electron chi connectivity index (χ2n) is 9.88. The molecular weight excluding hydrogens is 553 g/mol. The number of oxazole rings is 1. The van der Waals surface area contributed by atoms with Gasteiger partial charge >= 0.3 is 5.97 Å². The fraction of sp³-hybridized carbons (Fsp3) is 0.276. The number of carboxylic acid groups (broad SMARTS) is 1. The first-order valence-electron chi connectivity index (χ1n) is 12.6. The number of rotatable bonds is 4. The molecule has 2 atom stereocenters. The lowest BCUT2D eigenvalue weighted by molar-refractivity contribution is -0.140. The number of carboxylic acids is 1. The van der Waals surface area contributed by atoms with Gasteiger partial charge in [0, 0.05) is 35.4 Å². The molecule has 1 aromatic heterocycles. The van der Waals surface area contributed by atoms with E-state index in [9.17, 15) is 14.7 Å².